The van der Waals surface area contributed by atoms with E-state index in [1.165, 1.54) is 0 Å². The van der Waals surface area contributed by atoms with Gasteiger partial charge in [0.15, 0.2) is 13.9 Å². The highest BCUT2D eigenvalue weighted by molar-refractivity contribution is 7.20. The molecule has 0 fully saturated rings. The van der Waals surface area contributed by atoms with Crippen LogP contribution < -0.4 is 20.7 Å². The fourth-order valence-corrected chi connectivity index (χ4v) is 12.3. The average molecular weight is 1020 g/mol. The van der Waals surface area contributed by atoms with Crippen molar-refractivity contribution in [1.82, 2.24) is 24.1 Å². The van der Waals surface area contributed by atoms with Gasteiger partial charge in [0.25, 0.3) is 0 Å². The van der Waals surface area contributed by atoms with Gasteiger partial charge in [0, 0.05) is 32.7 Å². The Balaban J connectivity index is 1.34. The molecule has 11 aromatic carbocycles. The van der Waals surface area contributed by atoms with Gasteiger partial charge in [-0.15, -0.1) is 0 Å². The van der Waals surface area contributed by atoms with Crippen molar-refractivity contribution in [2.45, 2.75) is 0 Å². The Kier molecular flexibility index (Phi) is 4.21. The molecule has 0 spiro atoms. The number of hydrogen-bond donors (Lipinski definition) is 0. The number of hydrogen-bond acceptors (Lipinski definition) is 3. The molecule has 5 nitrogen and oxygen atoms in total. The fourth-order valence-electron chi connectivity index (χ4n) is 8.63. The molecule has 0 N–H and O–H groups in total. The normalized spacial score (nSPS) is 20.5. The molecule has 3 heterocycles. The standard InChI is InChI=1S/C69H47N5Si/c1-6-24-48(25-7-1)51-30-20-36-55(46-51)75(53-32-12-4-13-33-53,54-34-14-5-15-35-54)56-37-21-31-52(47-56)67-70-68(73-63-44-19-17-39-61(63)65-57(40-23-45-64(65)73)49-26-8-2-9-27-49)72-69(71-67)74-62-43-18-16-38-59(62)60-42-22-41-58(66(60)74)50-28-10-3-11-29-50/h1-47H/i1D,2D,3D,4D,5D,6D,7D,8D,9D,10D,11D,12D,13D,14D,15D,16D,17D,18D,19D,20D,21D,22D,23D,24D,25D,26D,27D,28D,29D,30D,31D,32D,33D,34D,35D,36D,37D,38D,39D,40D,41D,42D,43D,44D,45D,46D,47D. The number of para-hydroxylation sites is 3. The van der Waals surface area contributed by atoms with Crippen molar-refractivity contribution in [3.63, 3.8) is 0 Å². The molecule has 14 rings (SSSR count). The van der Waals surface area contributed by atoms with Crippen LogP contribution in [0.5, 0.6) is 0 Å². The highest BCUT2D eigenvalue weighted by Crippen LogP contribution is 2.40. The molecule has 0 radical (unpaired) electrons. The second kappa shape index (κ2) is 18.4. The van der Waals surface area contributed by atoms with Crippen LogP contribution in [0.2, 0.25) is 0 Å². The molecule has 0 atom stereocenters. The van der Waals surface area contributed by atoms with Crippen LogP contribution in [0.15, 0.2) is 284 Å². The third kappa shape index (κ3) is 7.33. The van der Waals surface area contributed by atoms with E-state index in [1.807, 2.05) is 0 Å². The van der Waals surface area contributed by atoms with E-state index in [0.717, 1.165) is 0 Å². The molecule has 75 heavy (non-hydrogen) atoms. The van der Waals surface area contributed by atoms with E-state index in [9.17, 15) is 46.6 Å². The van der Waals surface area contributed by atoms with Crippen LogP contribution in [0.1, 0.15) is 64.4 Å². The molecular formula is C69H47N5Si. The Morgan fingerprint density at radius 2 is 0.707 bits per heavy atom. The second-order valence-electron chi connectivity index (χ2n) is 15.6. The largest absolute Gasteiger partial charge is 0.278 e. The van der Waals surface area contributed by atoms with Gasteiger partial charge in [-0.05, 0) is 66.7 Å². The lowest BCUT2D eigenvalue weighted by atomic mass is 9.99. The van der Waals surface area contributed by atoms with Crippen molar-refractivity contribution >= 4 is 72.4 Å². The van der Waals surface area contributed by atoms with Crippen molar-refractivity contribution in [3.8, 4) is 56.7 Å². The molecule has 0 saturated heterocycles. The zero-order valence-corrected chi connectivity index (χ0v) is 38.2. The molecule has 0 amide bonds. The van der Waals surface area contributed by atoms with Gasteiger partial charge in [0.1, 0.15) is 0 Å². The molecule has 0 aliphatic heterocycles. The highest BCUT2D eigenvalue weighted by Gasteiger charge is 2.42. The van der Waals surface area contributed by atoms with Crippen LogP contribution in [-0.4, -0.2) is 32.2 Å². The van der Waals surface area contributed by atoms with Crippen molar-refractivity contribution < 1.29 is 64.4 Å². The van der Waals surface area contributed by atoms with E-state index in [-0.39, 0.29) is 0 Å². The first-order valence-corrected chi connectivity index (χ1v) is 23.7. The first-order chi connectivity index (χ1) is 56.7. The zero-order valence-electron chi connectivity index (χ0n) is 84.2. The summed E-state index contributed by atoms with van der Waals surface area (Å²) in [6.45, 7) is 0. The number of fused-ring (bicyclic) bond motifs is 6. The Morgan fingerprint density at radius 1 is 0.293 bits per heavy atom. The Morgan fingerprint density at radius 3 is 1.35 bits per heavy atom. The molecule has 352 valence electrons. The smallest absolute Gasteiger partial charge is 0.240 e. The van der Waals surface area contributed by atoms with Gasteiger partial charge in [-0.25, -0.2) is 0 Å². The van der Waals surface area contributed by atoms with Crippen LogP contribution in [0.4, 0.5) is 0 Å². The third-order valence-corrected chi connectivity index (χ3v) is 15.7. The molecule has 3 aromatic heterocycles. The Labute approximate surface area is 502 Å². The maximum Gasteiger partial charge on any atom is 0.240 e. The summed E-state index contributed by atoms with van der Waals surface area (Å²) in [7, 11) is -7.16. The van der Waals surface area contributed by atoms with E-state index in [4.69, 9.17) is 22.8 Å². The quantitative estimate of drug-likeness (QED) is 0.101. The first kappa shape index (κ1) is 17.2. The van der Waals surface area contributed by atoms with Gasteiger partial charge < -0.3 is 0 Å². The Bertz CT molecular complexity index is 7080. The molecular weight excluding hydrogens is 927 g/mol. The molecule has 0 saturated carbocycles. The summed E-state index contributed by atoms with van der Waals surface area (Å²) in [5, 5.41) is -9.58. The molecule has 0 aliphatic carbocycles. The number of rotatable bonds is 10. The van der Waals surface area contributed by atoms with Gasteiger partial charge in [-0.1, -0.05) is 266 Å². The van der Waals surface area contributed by atoms with Crippen LogP contribution in [0.25, 0.3) is 100 Å². The SMILES string of the molecule is [2H]c1c([2H])c([2H])c(-c2c([2H])c([2H])c([2H])c([Si](c3c([2H])c([2H])c([2H])c([2H])c3[2H])(c3c([2H])c([2H])c([2H])c([2H])c3[2H])c3c([2H])c([2H])c([2H])c(-c4nc(-n5c6c([2H])c([2H])c([2H])c([2H])c6c6c(-c7c([2H])c([2H])c([2H])c([2H])c7[2H])c([2H])c([2H])c([2H])c65)nc(-n5c6c([2H])c([2H])c([2H])c([2H])c6c6c([2H])c([2H])c([2H])c(-c7c([2H])c([2H])c([2H])c([2H])c7[2H])c65)n4)c3[2H])c2[2H])c([2H])c1[2H]. The molecule has 0 unspecified atom stereocenters. The van der Waals surface area contributed by atoms with Crippen molar-refractivity contribution in [2.24, 2.45) is 0 Å². The van der Waals surface area contributed by atoms with E-state index < -0.39 is 413 Å². The van der Waals surface area contributed by atoms with Gasteiger partial charge >= 0.3 is 0 Å². The van der Waals surface area contributed by atoms with Crippen LogP contribution in [-0.2, 0) is 0 Å². The predicted molar refractivity (Wildman–Crippen MR) is 314 cm³/mol. The van der Waals surface area contributed by atoms with Gasteiger partial charge in [0.05, 0.1) is 86.5 Å². The highest BCUT2D eigenvalue weighted by atomic mass is 28.3. The summed E-state index contributed by atoms with van der Waals surface area (Å²) in [6.07, 6.45) is 0. The second-order valence-corrected chi connectivity index (χ2v) is 19.1. The summed E-state index contributed by atoms with van der Waals surface area (Å²) >= 11 is 0. The zero-order chi connectivity index (χ0) is 90.6. The Hall–Kier alpha value is -9.75. The summed E-state index contributed by atoms with van der Waals surface area (Å²) in [4.78, 5) is 14.0. The van der Waals surface area contributed by atoms with E-state index >= 15 is 0 Å². The van der Waals surface area contributed by atoms with Crippen LogP contribution in [0.3, 0.4) is 0 Å². The lowest BCUT2D eigenvalue weighted by molar-refractivity contribution is 0.893. The minimum atomic E-state index is -7.16. The lowest BCUT2D eigenvalue weighted by Crippen LogP contribution is -2.74. The maximum atomic E-state index is 11.1. The molecule has 6 heteroatoms. The van der Waals surface area contributed by atoms with E-state index in [0.29, 0.717) is 9.13 Å². The van der Waals surface area contributed by atoms with Gasteiger partial charge in [-0.2, -0.15) is 15.0 Å². The summed E-state index contributed by atoms with van der Waals surface area (Å²) in [5.41, 5.74) is -12.1. The first-order valence-electron chi connectivity index (χ1n) is 45.2. The van der Waals surface area contributed by atoms with Crippen molar-refractivity contribution in [1.29, 1.82) is 0 Å². The van der Waals surface area contributed by atoms with Gasteiger partial charge in [-0.3, -0.25) is 9.13 Å². The maximum absolute atomic E-state index is 11.1. The van der Waals surface area contributed by atoms with Crippen LogP contribution >= 0.6 is 0 Å². The number of aromatic nitrogens is 5. The molecule has 14 aromatic rings. The van der Waals surface area contributed by atoms with E-state index in [2.05, 4.69) is 9.97 Å². The van der Waals surface area contributed by atoms with Gasteiger partial charge in [0.2, 0.25) is 11.9 Å². The number of nitrogens with zero attached hydrogens (tertiary/aromatic N) is 5. The van der Waals surface area contributed by atoms with Crippen molar-refractivity contribution in [2.75, 3.05) is 0 Å². The lowest BCUT2D eigenvalue weighted by Gasteiger charge is -2.35. The molecule has 0 aliphatic rings. The monoisotopic (exact) mass is 1020 g/mol. The molecule has 0 bridgehead atoms. The third-order valence-electron chi connectivity index (χ3n) is 11.7. The average Bonchev–Trinajstić information content (AvgIpc) is 0.875. The minimum absolute atomic E-state index is 0.452. The predicted octanol–water partition coefficient (Wildman–Crippen LogP) is 14.1. The summed E-state index contributed by atoms with van der Waals surface area (Å²) in [6, 6.07) is -61.4. The summed E-state index contributed by atoms with van der Waals surface area (Å²) in [5.74, 6) is -4.34. The topological polar surface area (TPSA) is 48.5 Å². The van der Waals surface area contributed by atoms with Crippen molar-refractivity contribution in [3.05, 3.63) is 284 Å². The summed E-state index contributed by atoms with van der Waals surface area (Å²) < 4.78 is 444. The minimum Gasteiger partial charge on any atom is -0.278 e. The van der Waals surface area contributed by atoms with E-state index in [1.54, 1.807) is 0 Å². The van der Waals surface area contributed by atoms with Crippen LogP contribution in [0, 0.1) is 0 Å². The number of benzene rings is 11. The fraction of sp³-hybridized carbons (Fsp3) is 0.